The van der Waals surface area contributed by atoms with Crippen molar-refractivity contribution in [3.63, 3.8) is 0 Å². The van der Waals surface area contributed by atoms with E-state index in [0.29, 0.717) is 6.42 Å². The van der Waals surface area contributed by atoms with Crippen LogP contribution in [0.2, 0.25) is 0 Å². The van der Waals surface area contributed by atoms with Gasteiger partial charge in [-0.1, -0.05) is 6.92 Å². The maximum absolute atomic E-state index is 11.2. The van der Waals surface area contributed by atoms with Crippen LogP contribution in [0.1, 0.15) is 23.2 Å². The molecular formula is C14H17N3OS. The average molecular weight is 275 g/mol. The number of nitrogens with zero attached hydrogens (tertiary/aromatic N) is 1. The monoisotopic (exact) mass is 275 g/mol. The number of hydrogen-bond donors (Lipinski definition) is 2. The van der Waals surface area contributed by atoms with Crippen molar-refractivity contribution >= 4 is 28.6 Å². The molecule has 0 fully saturated rings. The van der Waals surface area contributed by atoms with E-state index in [2.05, 4.69) is 15.6 Å². The second-order valence-electron chi connectivity index (χ2n) is 4.18. The second kappa shape index (κ2) is 6.33. The standard InChI is InChI=1S/C14H17N3OS/c1-3-14(18)17-12-6-4-11(5-7-12)16-9-13-8-15-10(2)19-13/h4-8,16H,3,9H2,1-2H3,(H,17,18). The molecule has 0 aliphatic heterocycles. The lowest BCUT2D eigenvalue weighted by Crippen LogP contribution is -2.09. The van der Waals surface area contributed by atoms with Crippen molar-refractivity contribution in [1.29, 1.82) is 0 Å². The Morgan fingerprint density at radius 1 is 1.26 bits per heavy atom. The molecule has 2 aromatic rings. The van der Waals surface area contributed by atoms with Crippen molar-refractivity contribution in [1.82, 2.24) is 4.98 Å². The molecule has 0 radical (unpaired) electrons. The second-order valence-corrected chi connectivity index (χ2v) is 5.50. The van der Waals surface area contributed by atoms with E-state index in [-0.39, 0.29) is 5.91 Å². The van der Waals surface area contributed by atoms with Crippen LogP contribution in [0.5, 0.6) is 0 Å². The van der Waals surface area contributed by atoms with Gasteiger partial charge in [-0.15, -0.1) is 11.3 Å². The molecule has 0 saturated heterocycles. The van der Waals surface area contributed by atoms with E-state index < -0.39 is 0 Å². The Labute approximate surface area is 116 Å². The molecule has 4 nitrogen and oxygen atoms in total. The van der Waals surface area contributed by atoms with Crippen molar-refractivity contribution in [3.8, 4) is 0 Å². The summed E-state index contributed by atoms with van der Waals surface area (Å²) in [7, 11) is 0. The largest absolute Gasteiger partial charge is 0.380 e. The zero-order chi connectivity index (χ0) is 13.7. The summed E-state index contributed by atoms with van der Waals surface area (Å²) < 4.78 is 0. The maximum Gasteiger partial charge on any atom is 0.224 e. The lowest BCUT2D eigenvalue weighted by Gasteiger charge is -2.07. The van der Waals surface area contributed by atoms with Gasteiger partial charge < -0.3 is 10.6 Å². The van der Waals surface area contributed by atoms with Gasteiger partial charge in [0, 0.05) is 28.9 Å². The van der Waals surface area contributed by atoms with Crippen molar-refractivity contribution in [2.45, 2.75) is 26.8 Å². The van der Waals surface area contributed by atoms with Crippen LogP contribution >= 0.6 is 11.3 Å². The lowest BCUT2D eigenvalue weighted by molar-refractivity contribution is -0.115. The zero-order valence-corrected chi connectivity index (χ0v) is 11.9. The summed E-state index contributed by atoms with van der Waals surface area (Å²) in [4.78, 5) is 16.7. The summed E-state index contributed by atoms with van der Waals surface area (Å²) in [6, 6.07) is 7.71. The summed E-state index contributed by atoms with van der Waals surface area (Å²) in [5, 5.41) is 7.23. The van der Waals surface area contributed by atoms with Gasteiger partial charge >= 0.3 is 0 Å². The number of benzene rings is 1. The number of aromatic nitrogens is 1. The van der Waals surface area contributed by atoms with E-state index in [1.165, 1.54) is 4.88 Å². The molecule has 0 atom stereocenters. The minimum absolute atomic E-state index is 0.0286. The van der Waals surface area contributed by atoms with Crippen LogP contribution in [0.15, 0.2) is 30.5 Å². The number of nitrogens with one attached hydrogen (secondary N) is 2. The molecule has 0 bridgehead atoms. The first-order valence-corrected chi connectivity index (χ1v) is 7.04. The molecule has 0 saturated carbocycles. The van der Waals surface area contributed by atoms with E-state index in [1.807, 2.05) is 44.3 Å². The fraction of sp³-hybridized carbons (Fsp3) is 0.286. The minimum atomic E-state index is 0.0286. The third-order valence-electron chi connectivity index (χ3n) is 2.63. The summed E-state index contributed by atoms with van der Waals surface area (Å²) in [6.07, 6.45) is 2.38. The summed E-state index contributed by atoms with van der Waals surface area (Å²) >= 11 is 1.69. The molecule has 1 aromatic carbocycles. The van der Waals surface area contributed by atoms with Gasteiger partial charge in [0.1, 0.15) is 0 Å². The summed E-state index contributed by atoms with van der Waals surface area (Å²) in [5.41, 5.74) is 1.85. The molecule has 0 unspecified atom stereocenters. The number of hydrogen-bond acceptors (Lipinski definition) is 4. The van der Waals surface area contributed by atoms with Gasteiger partial charge in [-0.25, -0.2) is 4.98 Å². The Morgan fingerprint density at radius 2 is 1.95 bits per heavy atom. The first-order chi connectivity index (χ1) is 9.17. The number of carbonyl (C=O) groups is 1. The topological polar surface area (TPSA) is 54.0 Å². The fourth-order valence-corrected chi connectivity index (χ4v) is 2.33. The lowest BCUT2D eigenvalue weighted by atomic mass is 10.2. The van der Waals surface area contributed by atoms with Crippen molar-refractivity contribution in [3.05, 3.63) is 40.3 Å². The third-order valence-corrected chi connectivity index (χ3v) is 3.54. The first-order valence-electron chi connectivity index (χ1n) is 6.22. The van der Waals surface area contributed by atoms with E-state index in [0.717, 1.165) is 22.9 Å². The molecule has 2 N–H and O–H groups in total. The predicted molar refractivity (Wildman–Crippen MR) is 79.5 cm³/mol. The minimum Gasteiger partial charge on any atom is -0.380 e. The molecule has 1 aromatic heterocycles. The van der Waals surface area contributed by atoms with Gasteiger partial charge in [0.2, 0.25) is 5.91 Å². The highest BCUT2D eigenvalue weighted by atomic mass is 32.1. The number of anilines is 2. The predicted octanol–water partition coefficient (Wildman–Crippen LogP) is 3.41. The highest BCUT2D eigenvalue weighted by molar-refractivity contribution is 7.11. The van der Waals surface area contributed by atoms with E-state index >= 15 is 0 Å². The van der Waals surface area contributed by atoms with Gasteiger partial charge in [-0.3, -0.25) is 4.79 Å². The van der Waals surface area contributed by atoms with Crippen LogP contribution in [0.3, 0.4) is 0 Å². The quantitative estimate of drug-likeness (QED) is 0.879. The number of aryl methyl sites for hydroxylation is 1. The summed E-state index contributed by atoms with van der Waals surface area (Å²) in [5.74, 6) is 0.0286. The van der Waals surface area contributed by atoms with Gasteiger partial charge in [0.15, 0.2) is 0 Å². The van der Waals surface area contributed by atoms with Crippen molar-refractivity contribution < 1.29 is 4.79 Å². The SMILES string of the molecule is CCC(=O)Nc1ccc(NCc2cnc(C)s2)cc1. The molecule has 2 rings (SSSR count). The Balaban J connectivity index is 1.89. The number of rotatable bonds is 5. The van der Waals surface area contributed by atoms with Crippen molar-refractivity contribution in [2.75, 3.05) is 10.6 Å². The molecule has 1 amide bonds. The Bertz CT molecular complexity index is 548. The Hall–Kier alpha value is -1.88. The average Bonchev–Trinajstić information content (AvgIpc) is 2.83. The molecule has 0 spiro atoms. The Kier molecular flexibility index (Phi) is 4.52. The van der Waals surface area contributed by atoms with Crippen LogP contribution in [0.25, 0.3) is 0 Å². The highest BCUT2D eigenvalue weighted by Crippen LogP contribution is 2.17. The van der Waals surface area contributed by atoms with E-state index in [9.17, 15) is 4.79 Å². The molecular weight excluding hydrogens is 258 g/mol. The smallest absolute Gasteiger partial charge is 0.224 e. The zero-order valence-electron chi connectivity index (χ0n) is 11.1. The van der Waals surface area contributed by atoms with E-state index in [4.69, 9.17) is 0 Å². The first kappa shape index (κ1) is 13.5. The van der Waals surface area contributed by atoms with Crippen LogP contribution in [0, 0.1) is 6.92 Å². The van der Waals surface area contributed by atoms with Crippen LogP contribution in [0.4, 0.5) is 11.4 Å². The van der Waals surface area contributed by atoms with Gasteiger partial charge in [0.05, 0.1) is 11.6 Å². The molecule has 1 heterocycles. The molecule has 0 aliphatic rings. The van der Waals surface area contributed by atoms with Crippen LogP contribution in [-0.2, 0) is 11.3 Å². The third kappa shape index (κ3) is 4.06. The number of amides is 1. The molecule has 19 heavy (non-hydrogen) atoms. The van der Waals surface area contributed by atoms with Crippen LogP contribution < -0.4 is 10.6 Å². The van der Waals surface area contributed by atoms with Gasteiger partial charge in [-0.2, -0.15) is 0 Å². The molecule has 0 aliphatic carbocycles. The van der Waals surface area contributed by atoms with Crippen LogP contribution in [-0.4, -0.2) is 10.9 Å². The summed E-state index contributed by atoms with van der Waals surface area (Å²) in [6.45, 7) is 4.61. The molecule has 100 valence electrons. The van der Waals surface area contributed by atoms with E-state index in [1.54, 1.807) is 11.3 Å². The maximum atomic E-state index is 11.2. The van der Waals surface area contributed by atoms with Crippen molar-refractivity contribution in [2.24, 2.45) is 0 Å². The fourth-order valence-electron chi connectivity index (χ4n) is 1.60. The highest BCUT2D eigenvalue weighted by Gasteiger charge is 2.00. The Morgan fingerprint density at radius 3 is 2.53 bits per heavy atom. The van der Waals surface area contributed by atoms with Gasteiger partial charge in [-0.05, 0) is 31.2 Å². The molecule has 5 heteroatoms. The number of carbonyl (C=O) groups excluding carboxylic acids is 1. The van der Waals surface area contributed by atoms with Gasteiger partial charge in [0.25, 0.3) is 0 Å². The number of thiazole rings is 1. The normalized spacial score (nSPS) is 10.2.